The molecule has 1 aliphatic rings. The molecule has 0 aromatic heterocycles. The van der Waals surface area contributed by atoms with Gasteiger partial charge in [0.05, 0.1) is 19.3 Å². The normalized spacial score (nSPS) is 15.7. The van der Waals surface area contributed by atoms with Gasteiger partial charge in [0.25, 0.3) is 5.91 Å². The number of methoxy groups -OCH3 is 1. The van der Waals surface area contributed by atoms with Gasteiger partial charge in [-0.1, -0.05) is 6.07 Å². The van der Waals surface area contributed by atoms with Gasteiger partial charge in [0.2, 0.25) is 0 Å². The van der Waals surface area contributed by atoms with Crippen LogP contribution in [0.3, 0.4) is 0 Å². The zero-order valence-electron chi connectivity index (χ0n) is 11.2. The molecule has 0 radical (unpaired) electrons. The Bertz CT molecular complexity index is 469. The molecule has 0 aliphatic heterocycles. The van der Waals surface area contributed by atoms with Crippen LogP contribution in [0.25, 0.3) is 0 Å². The fraction of sp³-hybridized carbons (Fsp3) is 0.500. The molecule has 0 saturated heterocycles. The molecule has 1 aromatic carbocycles. The van der Waals surface area contributed by atoms with Gasteiger partial charge in [0.15, 0.2) is 18.1 Å². The number of ether oxygens (including phenoxy) is 2. The Morgan fingerprint density at radius 3 is 2.74 bits per heavy atom. The fourth-order valence-corrected chi connectivity index (χ4v) is 1.84. The first kappa shape index (κ1) is 13.7. The molecular formula is C14H19NO4. The lowest BCUT2D eigenvalue weighted by Crippen LogP contribution is -2.42. The highest BCUT2D eigenvalue weighted by Gasteiger charge is 2.43. The summed E-state index contributed by atoms with van der Waals surface area (Å²) in [6.07, 6.45) is 1.65. The number of aryl methyl sites for hydroxylation is 1. The van der Waals surface area contributed by atoms with E-state index in [1.165, 1.54) is 0 Å². The molecule has 0 bridgehead atoms. The maximum atomic E-state index is 11.7. The molecule has 1 aliphatic carbocycles. The summed E-state index contributed by atoms with van der Waals surface area (Å²) >= 11 is 0. The average Bonchev–Trinajstić information content (AvgIpc) is 3.17. The molecule has 104 valence electrons. The Morgan fingerprint density at radius 2 is 2.16 bits per heavy atom. The summed E-state index contributed by atoms with van der Waals surface area (Å²) in [5.41, 5.74) is 0.656. The van der Waals surface area contributed by atoms with Gasteiger partial charge in [-0.15, -0.1) is 0 Å². The minimum Gasteiger partial charge on any atom is -0.493 e. The number of carbonyl (C=O) groups is 1. The van der Waals surface area contributed by atoms with E-state index in [1.54, 1.807) is 13.2 Å². The van der Waals surface area contributed by atoms with E-state index in [9.17, 15) is 4.79 Å². The van der Waals surface area contributed by atoms with Crippen molar-refractivity contribution in [2.24, 2.45) is 0 Å². The molecule has 1 fully saturated rings. The van der Waals surface area contributed by atoms with Crippen LogP contribution in [0.1, 0.15) is 18.4 Å². The quantitative estimate of drug-likeness (QED) is 0.806. The number of nitrogens with one attached hydrogen (secondary N) is 1. The number of hydrogen-bond acceptors (Lipinski definition) is 4. The first-order valence-corrected chi connectivity index (χ1v) is 6.28. The lowest BCUT2D eigenvalue weighted by molar-refractivity contribution is -0.124. The SMILES string of the molecule is COc1cc(C)ccc1OCC(=O)NC1(CO)CC1. The second kappa shape index (κ2) is 5.48. The standard InChI is InChI=1S/C14H19NO4/c1-10-3-4-11(12(7-10)18-2)19-8-13(17)15-14(9-16)5-6-14/h3-4,7,16H,5-6,8-9H2,1-2H3,(H,15,17). The van der Waals surface area contributed by atoms with E-state index >= 15 is 0 Å². The van der Waals surface area contributed by atoms with Crippen molar-refractivity contribution < 1.29 is 19.4 Å². The van der Waals surface area contributed by atoms with Crippen molar-refractivity contribution in [1.29, 1.82) is 0 Å². The Hall–Kier alpha value is -1.75. The average molecular weight is 265 g/mol. The predicted octanol–water partition coefficient (Wildman–Crippen LogP) is 1.02. The van der Waals surface area contributed by atoms with E-state index in [2.05, 4.69) is 5.32 Å². The predicted molar refractivity (Wildman–Crippen MR) is 70.4 cm³/mol. The molecule has 0 atom stereocenters. The van der Waals surface area contributed by atoms with Gasteiger partial charge < -0.3 is 19.9 Å². The molecule has 1 amide bonds. The summed E-state index contributed by atoms with van der Waals surface area (Å²) < 4.78 is 10.6. The van der Waals surface area contributed by atoms with E-state index in [-0.39, 0.29) is 19.1 Å². The van der Waals surface area contributed by atoms with Gasteiger partial charge >= 0.3 is 0 Å². The molecule has 5 nitrogen and oxygen atoms in total. The lowest BCUT2D eigenvalue weighted by atomic mass is 10.2. The van der Waals surface area contributed by atoms with Crippen molar-refractivity contribution in [2.75, 3.05) is 20.3 Å². The van der Waals surface area contributed by atoms with E-state index in [4.69, 9.17) is 14.6 Å². The molecule has 0 heterocycles. The largest absolute Gasteiger partial charge is 0.493 e. The topological polar surface area (TPSA) is 67.8 Å². The third-order valence-electron chi connectivity index (χ3n) is 3.24. The number of rotatable bonds is 6. The van der Waals surface area contributed by atoms with Crippen LogP contribution < -0.4 is 14.8 Å². The van der Waals surface area contributed by atoms with Crippen molar-refractivity contribution in [3.63, 3.8) is 0 Å². The lowest BCUT2D eigenvalue weighted by Gasteiger charge is -2.15. The first-order valence-electron chi connectivity index (χ1n) is 6.28. The minimum absolute atomic E-state index is 0.0212. The Labute approximate surface area is 112 Å². The number of hydrogen-bond donors (Lipinski definition) is 2. The summed E-state index contributed by atoms with van der Waals surface area (Å²) in [4.78, 5) is 11.7. The maximum absolute atomic E-state index is 11.7. The molecule has 2 N–H and O–H groups in total. The summed E-state index contributed by atoms with van der Waals surface area (Å²) in [7, 11) is 1.56. The highest BCUT2D eigenvalue weighted by Crippen LogP contribution is 2.34. The van der Waals surface area contributed by atoms with Crippen LogP contribution >= 0.6 is 0 Å². The Balaban J connectivity index is 1.90. The molecular weight excluding hydrogens is 246 g/mol. The monoisotopic (exact) mass is 265 g/mol. The van der Waals surface area contributed by atoms with Gasteiger partial charge in [0, 0.05) is 0 Å². The maximum Gasteiger partial charge on any atom is 0.258 e. The van der Waals surface area contributed by atoms with E-state index < -0.39 is 5.54 Å². The van der Waals surface area contributed by atoms with Gasteiger partial charge in [-0.25, -0.2) is 0 Å². The van der Waals surface area contributed by atoms with Crippen LogP contribution in [0.15, 0.2) is 18.2 Å². The second-order valence-corrected chi connectivity index (χ2v) is 4.93. The fourth-order valence-electron chi connectivity index (χ4n) is 1.84. The Morgan fingerprint density at radius 1 is 1.42 bits per heavy atom. The molecule has 1 saturated carbocycles. The third kappa shape index (κ3) is 3.38. The van der Waals surface area contributed by atoms with Crippen LogP contribution in [0.4, 0.5) is 0 Å². The molecule has 0 unspecified atom stereocenters. The van der Waals surface area contributed by atoms with Crippen molar-refractivity contribution in [2.45, 2.75) is 25.3 Å². The van der Waals surface area contributed by atoms with Crippen molar-refractivity contribution in [1.82, 2.24) is 5.32 Å². The molecule has 2 rings (SSSR count). The van der Waals surface area contributed by atoms with Gasteiger partial charge in [-0.2, -0.15) is 0 Å². The smallest absolute Gasteiger partial charge is 0.258 e. The van der Waals surface area contributed by atoms with Crippen LogP contribution in [-0.2, 0) is 4.79 Å². The van der Waals surface area contributed by atoms with Crippen molar-refractivity contribution in [3.8, 4) is 11.5 Å². The summed E-state index contributed by atoms with van der Waals surface area (Å²) in [5.74, 6) is 0.919. The van der Waals surface area contributed by atoms with Gasteiger partial charge in [-0.3, -0.25) is 4.79 Å². The molecule has 19 heavy (non-hydrogen) atoms. The number of carbonyl (C=O) groups excluding carboxylic acids is 1. The summed E-state index contributed by atoms with van der Waals surface area (Å²) in [6, 6.07) is 5.52. The number of amides is 1. The molecule has 5 heteroatoms. The van der Waals surface area contributed by atoms with Gasteiger partial charge in [-0.05, 0) is 37.5 Å². The van der Waals surface area contributed by atoms with Crippen LogP contribution in [0, 0.1) is 6.92 Å². The molecule has 1 aromatic rings. The number of aliphatic hydroxyl groups is 1. The van der Waals surface area contributed by atoms with Crippen molar-refractivity contribution in [3.05, 3.63) is 23.8 Å². The van der Waals surface area contributed by atoms with Crippen LogP contribution in [0.2, 0.25) is 0 Å². The summed E-state index contributed by atoms with van der Waals surface area (Å²) in [5, 5.41) is 11.9. The van der Waals surface area contributed by atoms with E-state index in [0.717, 1.165) is 18.4 Å². The first-order chi connectivity index (χ1) is 9.08. The van der Waals surface area contributed by atoms with Crippen molar-refractivity contribution >= 4 is 5.91 Å². The summed E-state index contributed by atoms with van der Waals surface area (Å²) in [6.45, 7) is 1.85. The highest BCUT2D eigenvalue weighted by atomic mass is 16.5. The van der Waals surface area contributed by atoms with Gasteiger partial charge in [0.1, 0.15) is 0 Å². The third-order valence-corrected chi connectivity index (χ3v) is 3.24. The number of aliphatic hydroxyl groups excluding tert-OH is 1. The zero-order chi connectivity index (χ0) is 13.9. The zero-order valence-corrected chi connectivity index (χ0v) is 11.2. The highest BCUT2D eigenvalue weighted by molar-refractivity contribution is 5.79. The molecule has 0 spiro atoms. The van der Waals surface area contributed by atoms with E-state index in [1.807, 2.05) is 19.1 Å². The van der Waals surface area contributed by atoms with E-state index in [0.29, 0.717) is 11.5 Å². The van der Waals surface area contributed by atoms with Crippen LogP contribution in [-0.4, -0.2) is 36.9 Å². The Kier molecular flexibility index (Phi) is 3.95. The number of benzene rings is 1. The second-order valence-electron chi connectivity index (χ2n) is 4.93. The van der Waals surface area contributed by atoms with Crippen LogP contribution in [0.5, 0.6) is 11.5 Å². The minimum atomic E-state index is -0.405.